The van der Waals surface area contributed by atoms with E-state index in [1.807, 2.05) is 0 Å². The summed E-state index contributed by atoms with van der Waals surface area (Å²) >= 11 is 0. The van der Waals surface area contributed by atoms with Crippen LogP contribution in [-0.4, -0.2) is 64.5 Å². The fraction of sp³-hybridized carbons (Fsp3) is 1.00. The van der Waals surface area contributed by atoms with Gasteiger partial charge < -0.3 is 10.5 Å². The van der Waals surface area contributed by atoms with Crippen LogP contribution in [0.3, 0.4) is 0 Å². The van der Waals surface area contributed by atoms with Crippen molar-refractivity contribution >= 4 is 10.0 Å². The van der Waals surface area contributed by atoms with Crippen LogP contribution in [-0.2, 0) is 14.8 Å². The average molecular weight is 279 g/mol. The molecule has 3 N–H and O–H groups in total. The van der Waals surface area contributed by atoms with Gasteiger partial charge in [0.1, 0.15) is 0 Å². The second kappa shape index (κ2) is 8.06. The second-order valence-electron chi connectivity index (χ2n) is 4.55. The Morgan fingerprint density at radius 2 is 2.22 bits per heavy atom. The van der Waals surface area contributed by atoms with Gasteiger partial charge in [0.25, 0.3) is 0 Å². The van der Waals surface area contributed by atoms with Gasteiger partial charge in [-0.1, -0.05) is 6.92 Å². The van der Waals surface area contributed by atoms with Crippen LogP contribution in [0.15, 0.2) is 0 Å². The lowest BCUT2D eigenvalue weighted by Crippen LogP contribution is -2.47. The molecule has 0 aromatic rings. The third-order valence-corrected chi connectivity index (χ3v) is 4.50. The van der Waals surface area contributed by atoms with Crippen LogP contribution in [0.2, 0.25) is 0 Å². The minimum atomic E-state index is -3.18. The monoisotopic (exact) mass is 279 g/mol. The normalized spacial score (nSPS) is 22.2. The quantitative estimate of drug-likeness (QED) is 0.578. The van der Waals surface area contributed by atoms with E-state index in [1.165, 1.54) is 0 Å². The molecule has 1 atom stereocenters. The predicted molar refractivity (Wildman–Crippen MR) is 71.9 cm³/mol. The molecule has 1 aliphatic heterocycles. The molecule has 1 fully saturated rings. The first kappa shape index (κ1) is 15.8. The number of sulfonamides is 1. The number of morpholine rings is 1. The molecule has 18 heavy (non-hydrogen) atoms. The van der Waals surface area contributed by atoms with Gasteiger partial charge in [-0.25, -0.2) is 13.1 Å². The van der Waals surface area contributed by atoms with Crippen LogP contribution in [0.25, 0.3) is 0 Å². The van der Waals surface area contributed by atoms with Crippen molar-refractivity contribution in [1.82, 2.24) is 9.62 Å². The van der Waals surface area contributed by atoms with Crippen molar-refractivity contribution in [3.05, 3.63) is 0 Å². The van der Waals surface area contributed by atoms with E-state index < -0.39 is 10.0 Å². The Kier molecular flexibility index (Phi) is 7.10. The summed E-state index contributed by atoms with van der Waals surface area (Å²) in [5.74, 6) is 0.147. The number of nitrogens with one attached hydrogen (secondary N) is 1. The third-order valence-electron chi connectivity index (χ3n) is 3.07. The molecule has 7 heteroatoms. The predicted octanol–water partition coefficient (Wildman–Crippen LogP) is -0.635. The lowest BCUT2D eigenvalue weighted by atomic mass is 10.3. The van der Waals surface area contributed by atoms with Crippen molar-refractivity contribution in [2.24, 2.45) is 5.73 Å². The lowest BCUT2D eigenvalue weighted by molar-refractivity contribution is -0.0229. The summed E-state index contributed by atoms with van der Waals surface area (Å²) in [6.45, 7) is 6.36. The minimum absolute atomic E-state index is 0.0389. The first-order valence-corrected chi connectivity index (χ1v) is 8.24. The van der Waals surface area contributed by atoms with Gasteiger partial charge in [0, 0.05) is 19.6 Å². The zero-order chi connectivity index (χ0) is 13.4. The summed E-state index contributed by atoms with van der Waals surface area (Å²) in [6.07, 6.45) is 1.31. The summed E-state index contributed by atoms with van der Waals surface area (Å²) in [5.41, 5.74) is 5.34. The second-order valence-corrected chi connectivity index (χ2v) is 6.48. The zero-order valence-corrected chi connectivity index (χ0v) is 11.9. The number of rotatable bonds is 8. The molecule has 6 nitrogen and oxygen atoms in total. The number of ether oxygens (including phenoxy) is 1. The third kappa shape index (κ3) is 6.10. The van der Waals surface area contributed by atoms with Gasteiger partial charge >= 0.3 is 0 Å². The van der Waals surface area contributed by atoms with Gasteiger partial charge in [0.15, 0.2) is 0 Å². The largest absolute Gasteiger partial charge is 0.374 e. The van der Waals surface area contributed by atoms with Crippen LogP contribution >= 0.6 is 0 Å². The Bertz CT molecular complexity index is 321. The smallest absolute Gasteiger partial charge is 0.211 e. The fourth-order valence-electron chi connectivity index (χ4n) is 1.92. The first-order chi connectivity index (χ1) is 8.57. The Balaban J connectivity index is 2.26. The van der Waals surface area contributed by atoms with E-state index in [0.717, 1.165) is 26.1 Å². The van der Waals surface area contributed by atoms with Crippen LogP contribution in [0, 0.1) is 0 Å². The Morgan fingerprint density at radius 1 is 1.44 bits per heavy atom. The van der Waals surface area contributed by atoms with Crippen molar-refractivity contribution in [1.29, 1.82) is 0 Å². The van der Waals surface area contributed by atoms with E-state index in [0.29, 0.717) is 26.1 Å². The Morgan fingerprint density at radius 3 is 2.89 bits per heavy atom. The molecule has 0 aliphatic carbocycles. The summed E-state index contributed by atoms with van der Waals surface area (Å²) in [7, 11) is -3.18. The fourth-order valence-corrected chi connectivity index (χ4v) is 3.09. The van der Waals surface area contributed by atoms with E-state index in [-0.39, 0.29) is 11.9 Å². The van der Waals surface area contributed by atoms with Crippen LogP contribution in [0.5, 0.6) is 0 Å². The topological polar surface area (TPSA) is 84.7 Å². The van der Waals surface area contributed by atoms with Crippen LogP contribution < -0.4 is 10.5 Å². The highest BCUT2D eigenvalue weighted by atomic mass is 32.2. The average Bonchev–Trinajstić information content (AvgIpc) is 2.37. The van der Waals surface area contributed by atoms with Gasteiger partial charge in [-0.2, -0.15) is 0 Å². The molecular formula is C11H25N3O3S. The van der Waals surface area contributed by atoms with Crippen LogP contribution in [0.1, 0.15) is 19.8 Å². The van der Waals surface area contributed by atoms with Crippen molar-refractivity contribution < 1.29 is 13.2 Å². The van der Waals surface area contributed by atoms with Crippen molar-refractivity contribution in [3.8, 4) is 0 Å². The molecule has 1 saturated heterocycles. The van der Waals surface area contributed by atoms with Gasteiger partial charge in [-0.15, -0.1) is 0 Å². The van der Waals surface area contributed by atoms with Crippen molar-refractivity contribution in [2.75, 3.05) is 45.1 Å². The molecule has 1 aliphatic rings. The summed E-state index contributed by atoms with van der Waals surface area (Å²) in [4.78, 5) is 2.26. The molecule has 0 aromatic carbocycles. The van der Waals surface area contributed by atoms with Gasteiger partial charge in [0.05, 0.1) is 18.5 Å². The number of hydrogen-bond acceptors (Lipinski definition) is 5. The Hall–Kier alpha value is -0.210. The van der Waals surface area contributed by atoms with Gasteiger partial charge in [-0.3, -0.25) is 4.90 Å². The summed E-state index contributed by atoms with van der Waals surface area (Å²) in [5, 5.41) is 0. The van der Waals surface area contributed by atoms with E-state index >= 15 is 0 Å². The highest BCUT2D eigenvalue weighted by Crippen LogP contribution is 2.04. The van der Waals surface area contributed by atoms with Gasteiger partial charge in [0.2, 0.25) is 10.0 Å². The number of likely N-dealkylation sites (N-methyl/N-ethyl adjacent to an activating group) is 1. The maximum atomic E-state index is 11.7. The summed E-state index contributed by atoms with van der Waals surface area (Å²) < 4.78 is 31.5. The highest BCUT2D eigenvalue weighted by Gasteiger charge is 2.21. The van der Waals surface area contributed by atoms with E-state index in [4.69, 9.17) is 10.5 Å². The van der Waals surface area contributed by atoms with Crippen LogP contribution in [0.4, 0.5) is 0 Å². The van der Waals surface area contributed by atoms with Gasteiger partial charge in [-0.05, 0) is 25.9 Å². The number of nitrogens with two attached hydrogens (primary N) is 1. The molecule has 108 valence electrons. The highest BCUT2D eigenvalue weighted by molar-refractivity contribution is 7.89. The van der Waals surface area contributed by atoms with Crippen molar-refractivity contribution in [3.63, 3.8) is 0 Å². The number of hydrogen-bond donors (Lipinski definition) is 2. The summed E-state index contributed by atoms with van der Waals surface area (Å²) in [6, 6.07) is 0. The van der Waals surface area contributed by atoms with E-state index in [1.54, 1.807) is 0 Å². The molecule has 0 bridgehead atoms. The van der Waals surface area contributed by atoms with Crippen molar-refractivity contribution in [2.45, 2.75) is 25.9 Å². The maximum Gasteiger partial charge on any atom is 0.211 e. The number of nitrogens with zero attached hydrogens (tertiary/aromatic N) is 1. The maximum absolute atomic E-state index is 11.7. The van der Waals surface area contributed by atoms with E-state index in [2.05, 4.69) is 16.5 Å². The zero-order valence-electron chi connectivity index (χ0n) is 11.1. The lowest BCUT2D eigenvalue weighted by Gasteiger charge is -2.32. The first-order valence-electron chi connectivity index (χ1n) is 6.58. The standard InChI is InChI=1S/C11H25N3O3S/c1-2-14-6-7-17-11(10-14)9-13-18(15,16)8-4-3-5-12/h11,13H,2-10,12H2,1H3. The molecule has 0 radical (unpaired) electrons. The number of unbranched alkanes of at least 4 members (excludes halogenated alkanes) is 1. The molecule has 0 saturated carbocycles. The molecular weight excluding hydrogens is 254 g/mol. The minimum Gasteiger partial charge on any atom is -0.374 e. The Labute approximate surface area is 110 Å². The SMILES string of the molecule is CCN1CCOC(CNS(=O)(=O)CCCCN)C1. The molecule has 1 heterocycles. The van der Waals surface area contributed by atoms with E-state index in [9.17, 15) is 8.42 Å². The molecule has 0 spiro atoms. The molecule has 0 aromatic heterocycles. The molecule has 1 unspecified atom stereocenters. The molecule has 1 rings (SSSR count). The molecule has 0 amide bonds.